The summed E-state index contributed by atoms with van der Waals surface area (Å²) in [6.45, 7) is 4.29. The number of carbonyl (C=O) groups is 2. The highest BCUT2D eigenvalue weighted by Crippen LogP contribution is 2.23. The van der Waals surface area contributed by atoms with Crippen LogP contribution >= 0.6 is 0 Å². The molecule has 1 aliphatic rings. The van der Waals surface area contributed by atoms with Crippen LogP contribution in [0.15, 0.2) is 72.9 Å². The standard InChI is InChI=1S/C81H147NO10/c1-3-5-7-9-11-13-15-16-42-46-49-53-57-61-65-69-77(86)90-70-66-62-58-54-50-47-44-41-39-37-35-33-31-29-27-25-23-21-19-17-18-20-22-24-26-28-30-32-34-36-38-40-43-45-48-52-56-60-64-68-76(85)82-73(72-91-81-80(89)79(88)78(87)75(71-83)92-81)74(84)67-63-59-55-51-14-12-10-8-6-4-2/h11,13-14,16-18,21,23,42,51,63,67,73-75,78-81,83-84,87-89H,3-10,12,15,19-20,22,24-41,43-50,52-62,64-66,68-72H2,1-2H3,(H,82,85)/b13-11-,18-17-,23-21-,42-16-,51-14+,67-63+. The summed E-state index contributed by atoms with van der Waals surface area (Å²) >= 11 is 0. The first-order valence-electron chi connectivity index (χ1n) is 39.2. The number of aliphatic hydroxyl groups is 5. The van der Waals surface area contributed by atoms with E-state index >= 15 is 0 Å². The molecule has 0 aromatic rings. The van der Waals surface area contributed by atoms with Gasteiger partial charge >= 0.3 is 5.97 Å². The lowest BCUT2D eigenvalue weighted by Crippen LogP contribution is -2.60. The predicted octanol–water partition coefficient (Wildman–Crippen LogP) is 21.0. The number of hydrogen-bond donors (Lipinski definition) is 6. The molecule has 92 heavy (non-hydrogen) atoms. The van der Waals surface area contributed by atoms with E-state index in [2.05, 4.69) is 79.9 Å². The summed E-state index contributed by atoms with van der Waals surface area (Å²) in [5.74, 6) is -0.190. The zero-order valence-electron chi connectivity index (χ0n) is 59.8. The van der Waals surface area contributed by atoms with Crippen molar-refractivity contribution in [2.24, 2.45) is 0 Å². The number of unbranched alkanes of at least 4 members (excludes halogenated alkanes) is 45. The maximum atomic E-state index is 13.0. The third kappa shape index (κ3) is 57.4. The Morgan fingerprint density at radius 2 is 0.739 bits per heavy atom. The molecule has 1 rings (SSSR count). The number of carbonyl (C=O) groups excluding carboxylic acids is 2. The quantitative estimate of drug-likeness (QED) is 0.0195. The number of allylic oxidation sites excluding steroid dienone is 11. The first kappa shape index (κ1) is 87.1. The van der Waals surface area contributed by atoms with E-state index in [9.17, 15) is 35.1 Å². The molecule has 11 nitrogen and oxygen atoms in total. The van der Waals surface area contributed by atoms with Crippen molar-refractivity contribution >= 4 is 11.9 Å². The van der Waals surface area contributed by atoms with E-state index in [1.54, 1.807) is 6.08 Å². The first-order valence-corrected chi connectivity index (χ1v) is 39.2. The highest BCUT2D eigenvalue weighted by Gasteiger charge is 2.44. The Kier molecular flexibility index (Phi) is 65.8. The Balaban J connectivity index is 1.88. The summed E-state index contributed by atoms with van der Waals surface area (Å²) in [6.07, 6.45) is 85.2. The lowest BCUT2D eigenvalue weighted by molar-refractivity contribution is -0.302. The molecule has 0 aromatic carbocycles. The summed E-state index contributed by atoms with van der Waals surface area (Å²) in [4.78, 5) is 25.1. The molecule has 536 valence electrons. The van der Waals surface area contributed by atoms with Crippen LogP contribution in [0.5, 0.6) is 0 Å². The molecule has 0 spiro atoms. The highest BCUT2D eigenvalue weighted by atomic mass is 16.7. The lowest BCUT2D eigenvalue weighted by Gasteiger charge is -2.40. The zero-order chi connectivity index (χ0) is 66.5. The van der Waals surface area contributed by atoms with E-state index in [0.29, 0.717) is 19.4 Å². The maximum Gasteiger partial charge on any atom is 0.305 e. The van der Waals surface area contributed by atoms with E-state index in [1.165, 1.54) is 270 Å². The number of nitrogens with one attached hydrogen (secondary N) is 1. The molecule has 1 amide bonds. The van der Waals surface area contributed by atoms with Crippen LogP contribution in [0.1, 0.15) is 367 Å². The molecular formula is C81H147NO10. The number of rotatable bonds is 69. The summed E-state index contributed by atoms with van der Waals surface area (Å²) in [5.41, 5.74) is 0. The van der Waals surface area contributed by atoms with Crippen LogP contribution < -0.4 is 5.32 Å². The van der Waals surface area contributed by atoms with Crippen molar-refractivity contribution in [1.29, 1.82) is 0 Å². The van der Waals surface area contributed by atoms with Gasteiger partial charge in [0.15, 0.2) is 6.29 Å². The fraction of sp³-hybridized carbons (Fsp3) is 0.827. The minimum Gasteiger partial charge on any atom is -0.466 e. The molecule has 1 aliphatic heterocycles. The van der Waals surface area contributed by atoms with Gasteiger partial charge in [-0.15, -0.1) is 0 Å². The third-order valence-corrected chi connectivity index (χ3v) is 18.3. The number of esters is 1. The molecule has 0 radical (unpaired) electrons. The van der Waals surface area contributed by atoms with E-state index in [0.717, 1.165) is 70.6 Å². The molecule has 0 bridgehead atoms. The van der Waals surface area contributed by atoms with Gasteiger partial charge in [0.05, 0.1) is 32.0 Å². The summed E-state index contributed by atoms with van der Waals surface area (Å²) in [7, 11) is 0. The third-order valence-electron chi connectivity index (χ3n) is 18.3. The second-order valence-corrected chi connectivity index (χ2v) is 27.0. The van der Waals surface area contributed by atoms with Crippen LogP contribution in [0.3, 0.4) is 0 Å². The number of hydrogen-bond acceptors (Lipinski definition) is 10. The van der Waals surface area contributed by atoms with E-state index < -0.39 is 49.5 Å². The summed E-state index contributed by atoms with van der Waals surface area (Å²) in [6, 6.07) is -0.825. The largest absolute Gasteiger partial charge is 0.466 e. The molecule has 6 N–H and O–H groups in total. The van der Waals surface area contributed by atoms with Crippen LogP contribution in [0.25, 0.3) is 0 Å². The molecule has 0 aromatic heterocycles. The SMILES string of the molecule is CCCCC/C=C\C/C=C\CCCCCCCC(=O)OCCCCCCCCCCCCCCCCC/C=C\C/C=C\CCCCCCCCCCCCCCCCCCCC(=O)NC(COC1OC(CO)C(O)C(O)C1O)C(O)/C=C/CC/C=C/CCCCCC. The smallest absolute Gasteiger partial charge is 0.305 e. The van der Waals surface area contributed by atoms with Crippen LogP contribution in [-0.2, 0) is 23.8 Å². The Morgan fingerprint density at radius 3 is 1.16 bits per heavy atom. The normalized spacial score (nSPS) is 17.9. The predicted molar refractivity (Wildman–Crippen MR) is 389 cm³/mol. The average molecular weight is 1300 g/mol. The van der Waals surface area contributed by atoms with Gasteiger partial charge in [0, 0.05) is 12.8 Å². The minimum atomic E-state index is -1.58. The Hall–Kier alpha value is -2.90. The minimum absolute atomic E-state index is 0.000193. The molecule has 1 heterocycles. The topological polar surface area (TPSA) is 175 Å². The van der Waals surface area contributed by atoms with E-state index in [1.807, 2.05) is 6.08 Å². The second-order valence-electron chi connectivity index (χ2n) is 27.0. The van der Waals surface area contributed by atoms with Crippen molar-refractivity contribution < 1.29 is 49.3 Å². The van der Waals surface area contributed by atoms with Gasteiger partial charge in [0.1, 0.15) is 24.4 Å². The highest BCUT2D eigenvalue weighted by molar-refractivity contribution is 5.76. The number of aliphatic hydroxyl groups excluding tert-OH is 5. The van der Waals surface area contributed by atoms with E-state index in [4.69, 9.17) is 14.2 Å². The first-order chi connectivity index (χ1) is 45.2. The van der Waals surface area contributed by atoms with Crippen molar-refractivity contribution in [2.75, 3.05) is 19.8 Å². The van der Waals surface area contributed by atoms with Gasteiger partial charge in [-0.2, -0.15) is 0 Å². The Labute approximate surface area is 566 Å². The summed E-state index contributed by atoms with van der Waals surface area (Å²) in [5, 5.41) is 54.4. The fourth-order valence-electron chi connectivity index (χ4n) is 12.1. The van der Waals surface area contributed by atoms with E-state index in [-0.39, 0.29) is 18.5 Å². The maximum absolute atomic E-state index is 13.0. The lowest BCUT2D eigenvalue weighted by atomic mass is 9.99. The monoisotopic (exact) mass is 1290 g/mol. The number of ether oxygens (including phenoxy) is 3. The Bertz CT molecular complexity index is 1760. The molecule has 0 aliphatic carbocycles. The van der Waals surface area contributed by atoms with Gasteiger partial charge in [-0.3, -0.25) is 9.59 Å². The zero-order valence-corrected chi connectivity index (χ0v) is 59.8. The van der Waals surface area contributed by atoms with Crippen LogP contribution in [0, 0.1) is 0 Å². The van der Waals surface area contributed by atoms with Crippen LogP contribution in [-0.4, -0.2) is 100 Å². The molecule has 1 saturated heterocycles. The van der Waals surface area contributed by atoms with Crippen molar-refractivity contribution in [3.05, 3.63) is 72.9 Å². The van der Waals surface area contributed by atoms with Gasteiger partial charge < -0.3 is 45.1 Å². The molecule has 0 saturated carbocycles. The van der Waals surface area contributed by atoms with Crippen molar-refractivity contribution in [3.8, 4) is 0 Å². The second kappa shape index (κ2) is 69.5. The molecule has 7 unspecified atom stereocenters. The van der Waals surface area contributed by atoms with Gasteiger partial charge in [0.25, 0.3) is 0 Å². The van der Waals surface area contributed by atoms with Gasteiger partial charge in [0.2, 0.25) is 5.91 Å². The molecule has 1 fully saturated rings. The summed E-state index contributed by atoms with van der Waals surface area (Å²) < 4.78 is 16.7. The molecule has 11 heteroatoms. The van der Waals surface area contributed by atoms with Gasteiger partial charge in [-0.1, -0.05) is 318 Å². The fourth-order valence-corrected chi connectivity index (χ4v) is 12.1. The van der Waals surface area contributed by atoms with Crippen molar-refractivity contribution in [2.45, 2.75) is 410 Å². The number of amides is 1. The van der Waals surface area contributed by atoms with Crippen molar-refractivity contribution in [1.82, 2.24) is 5.32 Å². The molecular weight excluding hydrogens is 1150 g/mol. The van der Waals surface area contributed by atoms with Crippen LogP contribution in [0.4, 0.5) is 0 Å². The van der Waals surface area contributed by atoms with Crippen LogP contribution in [0.2, 0.25) is 0 Å². The van der Waals surface area contributed by atoms with Gasteiger partial charge in [-0.05, 0) is 109 Å². The Morgan fingerprint density at radius 1 is 0.402 bits per heavy atom. The van der Waals surface area contributed by atoms with Crippen molar-refractivity contribution in [3.63, 3.8) is 0 Å². The average Bonchev–Trinajstić information content (AvgIpc) is 1.08. The molecule has 7 atom stereocenters. The van der Waals surface area contributed by atoms with Gasteiger partial charge in [-0.25, -0.2) is 0 Å².